The third-order valence-electron chi connectivity index (χ3n) is 3.41. The molecule has 0 spiro atoms. The predicted octanol–water partition coefficient (Wildman–Crippen LogP) is 0.839. The third kappa shape index (κ3) is 2.54. The lowest BCUT2D eigenvalue weighted by atomic mass is 10.0. The second kappa shape index (κ2) is 5.49. The van der Waals surface area contributed by atoms with Crippen LogP contribution in [0.2, 0.25) is 0 Å². The highest BCUT2D eigenvalue weighted by Crippen LogP contribution is 2.24. The van der Waals surface area contributed by atoms with Gasteiger partial charge in [-0.25, -0.2) is 9.97 Å². The summed E-state index contributed by atoms with van der Waals surface area (Å²) in [5.74, 6) is 1.32. The first-order valence-electron chi connectivity index (χ1n) is 6.17. The van der Waals surface area contributed by atoms with Crippen LogP contribution in [0.4, 0.5) is 11.6 Å². The number of rotatable bonds is 5. The Hall–Kier alpha value is -1.40. The van der Waals surface area contributed by atoms with Gasteiger partial charge in [-0.05, 0) is 6.42 Å². The topological polar surface area (TPSA) is 82.3 Å². The monoisotopic (exact) mass is 252 g/mol. The highest BCUT2D eigenvalue weighted by Gasteiger charge is 2.35. The van der Waals surface area contributed by atoms with E-state index in [-0.39, 0.29) is 5.60 Å². The van der Waals surface area contributed by atoms with Crippen LogP contribution in [-0.4, -0.2) is 42.4 Å². The fourth-order valence-electron chi connectivity index (χ4n) is 2.13. The van der Waals surface area contributed by atoms with E-state index in [0.29, 0.717) is 19.0 Å². The van der Waals surface area contributed by atoms with Gasteiger partial charge in [-0.1, -0.05) is 6.92 Å². The molecule has 1 aromatic rings. The Kier molecular flexibility index (Phi) is 3.98. The minimum atomic E-state index is -0.259. The van der Waals surface area contributed by atoms with Gasteiger partial charge >= 0.3 is 0 Å². The Labute approximate surface area is 107 Å². The first kappa shape index (κ1) is 13.0. The lowest BCUT2D eigenvalue weighted by Gasteiger charge is -2.26. The van der Waals surface area contributed by atoms with Crippen LogP contribution < -0.4 is 11.1 Å². The number of ether oxygens (including phenoxy) is 2. The molecule has 2 rings (SSSR count). The second-order valence-corrected chi connectivity index (χ2v) is 4.48. The lowest BCUT2D eigenvalue weighted by Crippen LogP contribution is -2.40. The molecule has 0 radical (unpaired) electrons. The summed E-state index contributed by atoms with van der Waals surface area (Å²) in [7, 11) is 1.71. The third-order valence-corrected chi connectivity index (χ3v) is 3.41. The molecule has 1 aliphatic rings. The van der Waals surface area contributed by atoms with Crippen LogP contribution >= 0.6 is 0 Å². The maximum Gasteiger partial charge on any atom is 0.134 e. The summed E-state index contributed by atoms with van der Waals surface area (Å²) in [5, 5.41) is 3.30. The van der Waals surface area contributed by atoms with Crippen molar-refractivity contribution in [3.63, 3.8) is 0 Å². The van der Waals surface area contributed by atoms with Gasteiger partial charge in [0, 0.05) is 32.2 Å². The molecule has 6 heteroatoms. The fourth-order valence-corrected chi connectivity index (χ4v) is 2.13. The van der Waals surface area contributed by atoms with E-state index in [1.54, 1.807) is 7.11 Å². The lowest BCUT2D eigenvalue weighted by molar-refractivity contribution is -0.00626. The van der Waals surface area contributed by atoms with Crippen molar-refractivity contribution in [2.45, 2.75) is 25.4 Å². The number of hydrogen-bond donors (Lipinski definition) is 2. The summed E-state index contributed by atoms with van der Waals surface area (Å²) in [4.78, 5) is 8.24. The van der Waals surface area contributed by atoms with Gasteiger partial charge in [0.1, 0.15) is 23.6 Å². The molecule has 1 saturated heterocycles. The van der Waals surface area contributed by atoms with Crippen LogP contribution in [0, 0.1) is 0 Å². The van der Waals surface area contributed by atoms with Gasteiger partial charge in [0.2, 0.25) is 0 Å². The molecule has 1 atom stereocenters. The fraction of sp³-hybridized carbons (Fsp3) is 0.667. The van der Waals surface area contributed by atoms with E-state index in [1.165, 1.54) is 6.33 Å². The number of methoxy groups -OCH3 is 1. The Morgan fingerprint density at radius 2 is 2.39 bits per heavy atom. The van der Waals surface area contributed by atoms with Crippen molar-refractivity contribution in [2.24, 2.45) is 0 Å². The molecule has 0 bridgehead atoms. The van der Waals surface area contributed by atoms with Crippen molar-refractivity contribution in [1.82, 2.24) is 9.97 Å². The molecule has 18 heavy (non-hydrogen) atoms. The number of hydrogen-bond acceptors (Lipinski definition) is 6. The molecule has 3 N–H and O–H groups in total. The van der Waals surface area contributed by atoms with Crippen molar-refractivity contribution in [3.8, 4) is 0 Å². The number of anilines is 2. The van der Waals surface area contributed by atoms with Crippen LogP contribution in [0.5, 0.6) is 0 Å². The van der Waals surface area contributed by atoms with Gasteiger partial charge in [-0.15, -0.1) is 0 Å². The Bertz CT molecular complexity index is 405. The van der Waals surface area contributed by atoms with Gasteiger partial charge in [0.15, 0.2) is 0 Å². The van der Waals surface area contributed by atoms with Crippen LogP contribution in [-0.2, 0) is 15.9 Å². The minimum Gasteiger partial charge on any atom is -0.383 e. The SMILES string of the molecule is CCc1c(N)ncnc1NCC1(OC)CCOC1. The highest BCUT2D eigenvalue weighted by atomic mass is 16.5. The number of nitrogens with two attached hydrogens (primary N) is 1. The van der Waals surface area contributed by atoms with E-state index < -0.39 is 0 Å². The molecule has 1 aromatic heterocycles. The first-order valence-corrected chi connectivity index (χ1v) is 6.17. The molecule has 1 unspecified atom stereocenters. The Morgan fingerprint density at radius 1 is 1.56 bits per heavy atom. The van der Waals surface area contributed by atoms with Crippen molar-refractivity contribution < 1.29 is 9.47 Å². The van der Waals surface area contributed by atoms with Crippen molar-refractivity contribution in [1.29, 1.82) is 0 Å². The minimum absolute atomic E-state index is 0.259. The van der Waals surface area contributed by atoms with Crippen LogP contribution in [0.25, 0.3) is 0 Å². The quantitative estimate of drug-likeness (QED) is 0.808. The van der Waals surface area contributed by atoms with Crippen molar-refractivity contribution in [2.75, 3.05) is 37.9 Å². The normalized spacial score (nSPS) is 23.2. The maximum atomic E-state index is 5.83. The number of nitrogen functional groups attached to an aromatic ring is 1. The van der Waals surface area contributed by atoms with E-state index in [4.69, 9.17) is 15.2 Å². The molecule has 2 heterocycles. The largest absolute Gasteiger partial charge is 0.383 e. The standard InChI is InChI=1S/C12H20N4O2/c1-3-9-10(13)15-8-16-11(9)14-6-12(17-2)4-5-18-7-12/h8H,3-7H2,1-2H3,(H3,13,14,15,16). The Balaban J connectivity index is 2.08. The highest BCUT2D eigenvalue weighted by molar-refractivity contribution is 5.55. The van der Waals surface area contributed by atoms with Gasteiger partial charge in [-0.3, -0.25) is 0 Å². The molecule has 0 aromatic carbocycles. The molecular weight excluding hydrogens is 232 g/mol. The van der Waals surface area contributed by atoms with Crippen LogP contribution in [0.1, 0.15) is 18.9 Å². The summed E-state index contributed by atoms with van der Waals surface area (Å²) < 4.78 is 11.0. The zero-order valence-electron chi connectivity index (χ0n) is 10.9. The maximum absolute atomic E-state index is 5.83. The summed E-state index contributed by atoms with van der Waals surface area (Å²) in [6, 6.07) is 0. The number of nitrogens with one attached hydrogen (secondary N) is 1. The zero-order valence-corrected chi connectivity index (χ0v) is 10.9. The van der Waals surface area contributed by atoms with E-state index in [0.717, 1.165) is 30.8 Å². The molecule has 0 saturated carbocycles. The van der Waals surface area contributed by atoms with Crippen LogP contribution in [0.3, 0.4) is 0 Å². The summed E-state index contributed by atoms with van der Waals surface area (Å²) in [6.07, 6.45) is 3.16. The predicted molar refractivity (Wildman–Crippen MR) is 69.5 cm³/mol. The van der Waals surface area contributed by atoms with Crippen LogP contribution in [0.15, 0.2) is 6.33 Å². The average molecular weight is 252 g/mol. The van der Waals surface area contributed by atoms with Crippen molar-refractivity contribution in [3.05, 3.63) is 11.9 Å². The van der Waals surface area contributed by atoms with E-state index in [1.807, 2.05) is 6.92 Å². The van der Waals surface area contributed by atoms with E-state index in [2.05, 4.69) is 15.3 Å². The first-order chi connectivity index (χ1) is 8.71. The van der Waals surface area contributed by atoms with Gasteiger partial charge < -0.3 is 20.5 Å². The molecule has 1 aliphatic heterocycles. The summed E-state index contributed by atoms with van der Waals surface area (Å²) in [5.41, 5.74) is 6.52. The zero-order chi connectivity index (χ0) is 13.0. The second-order valence-electron chi connectivity index (χ2n) is 4.48. The van der Waals surface area contributed by atoms with Gasteiger partial charge in [0.05, 0.1) is 6.61 Å². The van der Waals surface area contributed by atoms with E-state index >= 15 is 0 Å². The molecule has 0 aliphatic carbocycles. The van der Waals surface area contributed by atoms with Gasteiger partial charge in [-0.2, -0.15) is 0 Å². The average Bonchev–Trinajstić information content (AvgIpc) is 2.86. The van der Waals surface area contributed by atoms with Crippen molar-refractivity contribution >= 4 is 11.6 Å². The molecule has 6 nitrogen and oxygen atoms in total. The summed E-state index contributed by atoms with van der Waals surface area (Å²) in [6.45, 7) is 4.04. The molecular formula is C12H20N4O2. The number of nitrogens with zero attached hydrogens (tertiary/aromatic N) is 2. The smallest absolute Gasteiger partial charge is 0.134 e. The molecule has 0 amide bonds. The molecule has 1 fully saturated rings. The van der Waals surface area contributed by atoms with Gasteiger partial charge in [0.25, 0.3) is 0 Å². The van der Waals surface area contributed by atoms with E-state index in [9.17, 15) is 0 Å². The Morgan fingerprint density at radius 3 is 3.00 bits per heavy atom. The molecule has 100 valence electrons. The summed E-state index contributed by atoms with van der Waals surface area (Å²) >= 11 is 0. The number of aromatic nitrogens is 2.